The molecule has 0 aliphatic carbocycles. The second kappa shape index (κ2) is 5.56. The lowest BCUT2D eigenvalue weighted by atomic mass is 10.0. The maximum absolute atomic E-state index is 12.5. The minimum atomic E-state index is 0.0740. The number of phenols is 1. The number of ketones is 1. The van der Waals surface area contributed by atoms with E-state index in [1.54, 1.807) is 24.4 Å². The average Bonchev–Trinajstić information content (AvgIpc) is 2.49. The summed E-state index contributed by atoms with van der Waals surface area (Å²) in [5.41, 5.74) is 1.11. The smallest absolute Gasteiger partial charge is 0.177 e. The Hall–Kier alpha value is -1.98. The number of fused-ring (bicyclic) bond motifs is 1. The van der Waals surface area contributed by atoms with Crippen molar-refractivity contribution in [2.24, 2.45) is 0 Å². The van der Waals surface area contributed by atoms with Gasteiger partial charge in [0, 0.05) is 43.3 Å². The molecule has 1 aromatic heterocycles. The minimum Gasteiger partial charge on any atom is -0.506 e. The van der Waals surface area contributed by atoms with Crippen molar-refractivity contribution >= 4 is 16.7 Å². The molecule has 104 valence electrons. The summed E-state index contributed by atoms with van der Waals surface area (Å²) in [5.74, 6) is 0.184. The number of aromatic hydroxyl groups is 1. The van der Waals surface area contributed by atoms with E-state index in [9.17, 15) is 9.90 Å². The number of nitrogens with zero attached hydrogens (tertiary/aromatic N) is 2. The summed E-state index contributed by atoms with van der Waals surface area (Å²) >= 11 is 0. The zero-order chi connectivity index (χ0) is 13.9. The van der Waals surface area contributed by atoms with Gasteiger partial charge < -0.3 is 10.4 Å². The lowest BCUT2D eigenvalue weighted by Gasteiger charge is -2.26. The van der Waals surface area contributed by atoms with E-state index in [4.69, 9.17) is 0 Å². The van der Waals surface area contributed by atoms with Crippen molar-refractivity contribution in [1.82, 2.24) is 15.2 Å². The van der Waals surface area contributed by atoms with Gasteiger partial charge in [0.25, 0.3) is 0 Å². The maximum atomic E-state index is 12.5. The third-order valence-electron chi connectivity index (χ3n) is 3.63. The molecule has 0 radical (unpaired) electrons. The summed E-state index contributed by atoms with van der Waals surface area (Å²) in [6.45, 7) is 4.03. The van der Waals surface area contributed by atoms with Crippen LogP contribution in [0.5, 0.6) is 5.75 Å². The van der Waals surface area contributed by atoms with Crippen molar-refractivity contribution in [2.75, 3.05) is 32.7 Å². The summed E-state index contributed by atoms with van der Waals surface area (Å²) < 4.78 is 0. The summed E-state index contributed by atoms with van der Waals surface area (Å²) in [7, 11) is 0. The van der Waals surface area contributed by atoms with Gasteiger partial charge in [-0.2, -0.15) is 0 Å². The Morgan fingerprint density at radius 1 is 1.30 bits per heavy atom. The molecule has 0 amide bonds. The molecular formula is C15H17N3O2. The van der Waals surface area contributed by atoms with Crippen LogP contribution in [0.1, 0.15) is 10.4 Å². The molecule has 0 atom stereocenters. The third-order valence-corrected chi connectivity index (χ3v) is 3.63. The molecular weight excluding hydrogens is 254 g/mol. The lowest BCUT2D eigenvalue weighted by Crippen LogP contribution is -2.45. The standard InChI is InChI=1S/C15H17N3O2/c19-13-4-3-11(12-2-1-5-17-15(12)13)14(20)10-18-8-6-16-7-9-18/h1-5,16,19H,6-10H2. The highest BCUT2D eigenvalue weighted by atomic mass is 16.3. The Balaban J connectivity index is 1.89. The van der Waals surface area contributed by atoms with Gasteiger partial charge in [-0.05, 0) is 18.2 Å². The number of piperazine rings is 1. The Morgan fingerprint density at radius 3 is 2.90 bits per heavy atom. The molecule has 0 spiro atoms. The lowest BCUT2D eigenvalue weighted by molar-refractivity contribution is 0.0923. The zero-order valence-electron chi connectivity index (χ0n) is 11.2. The van der Waals surface area contributed by atoms with Crippen LogP contribution in [0.4, 0.5) is 0 Å². The van der Waals surface area contributed by atoms with Gasteiger partial charge >= 0.3 is 0 Å². The van der Waals surface area contributed by atoms with E-state index < -0.39 is 0 Å². The molecule has 0 unspecified atom stereocenters. The van der Waals surface area contributed by atoms with Crippen LogP contribution in [0.3, 0.4) is 0 Å². The largest absolute Gasteiger partial charge is 0.506 e. The first kappa shape index (κ1) is 13.0. The zero-order valence-corrected chi connectivity index (χ0v) is 11.2. The minimum absolute atomic E-state index is 0.0740. The second-order valence-electron chi connectivity index (χ2n) is 4.98. The highest BCUT2D eigenvalue weighted by molar-refractivity contribution is 6.09. The van der Waals surface area contributed by atoms with Gasteiger partial charge in [-0.3, -0.25) is 14.7 Å². The number of nitrogens with one attached hydrogen (secondary N) is 1. The fourth-order valence-electron chi connectivity index (χ4n) is 2.56. The fourth-order valence-corrected chi connectivity index (χ4v) is 2.56. The number of benzene rings is 1. The third kappa shape index (κ3) is 2.50. The van der Waals surface area contributed by atoms with Crippen molar-refractivity contribution in [3.63, 3.8) is 0 Å². The van der Waals surface area contributed by atoms with Crippen LogP contribution in [0.15, 0.2) is 30.5 Å². The number of hydrogen-bond acceptors (Lipinski definition) is 5. The Kier molecular flexibility index (Phi) is 3.62. The van der Waals surface area contributed by atoms with Crippen molar-refractivity contribution < 1.29 is 9.90 Å². The molecule has 0 bridgehead atoms. The summed E-state index contributed by atoms with van der Waals surface area (Å²) in [4.78, 5) is 18.8. The number of carbonyl (C=O) groups excluding carboxylic acids is 1. The second-order valence-corrected chi connectivity index (χ2v) is 4.98. The maximum Gasteiger partial charge on any atom is 0.177 e. The normalized spacial score (nSPS) is 16.4. The summed E-state index contributed by atoms with van der Waals surface area (Å²) in [6.07, 6.45) is 1.62. The molecule has 5 nitrogen and oxygen atoms in total. The van der Waals surface area contributed by atoms with E-state index in [0.717, 1.165) is 26.2 Å². The van der Waals surface area contributed by atoms with Crippen LogP contribution in [-0.2, 0) is 0 Å². The van der Waals surface area contributed by atoms with Gasteiger partial charge in [0.1, 0.15) is 11.3 Å². The van der Waals surface area contributed by atoms with Crippen molar-refractivity contribution in [2.45, 2.75) is 0 Å². The molecule has 1 aliphatic heterocycles. The Morgan fingerprint density at radius 2 is 2.10 bits per heavy atom. The predicted octanol–water partition coefficient (Wildman–Crippen LogP) is 1.03. The predicted molar refractivity (Wildman–Crippen MR) is 77.0 cm³/mol. The number of hydrogen-bond donors (Lipinski definition) is 2. The van der Waals surface area contributed by atoms with Gasteiger partial charge in [-0.15, -0.1) is 0 Å². The summed E-state index contributed by atoms with van der Waals surface area (Å²) in [6, 6.07) is 6.83. The number of Topliss-reactive ketones (excluding diaryl/α,β-unsaturated/α-hetero) is 1. The molecule has 2 heterocycles. The Labute approximate surface area is 117 Å². The monoisotopic (exact) mass is 271 g/mol. The van der Waals surface area contributed by atoms with Crippen LogP contribution in [0.2, 0.25) is 0 Å². The molecule has 1 aliphatic rings. The number of aromatic nitrogens is 1. The van der Waals surface area contributed by atoms with Crippen molar-refractivity contribution in [3.05, 3.63) is 36.0 Å². The van der Waals surface area contributed by atoms with Gasteiger partial charge in [0.05, 0.1) is 6.54 Å². The van der Waals surface area contributed by atoms with Crippen molar-refractivity contribution in [3.8, 4) is 5.75 Å². The fraction of sp³-hybridized carbons (Fsp3) is 0.333. The molecule has 0 saturated carbocycles. The molecule has 5 heteroatoms. The van der Waals surface area contributed by atoms with Crippen LogP contribution in [0.25, 0.3) is 10.9 Å². The van der Waals surface area contributed by atoms with E-state index in [1.165, 1.54) is 0 Å². The van der Waals surface area contributed by atoms with E-state index in [2.05, 4.69) is 15.2 Å². The Bertz CT molecular complexity index is 636. The van der Waals surface area contributed by atoms with Gasteiger partial charge in [0.2, 0.25) is 0 Å². The van der Waals surface area contributed by atoms with E-state index in [1.807, 2.05) is 6.07 Å². The van der Waals surface area contributed by atoms with Crippen LogP contribution < -0.4 is 5.32 Å². The van der Waals surface area contributed by atoms with Crippen molar-refractivity contribution in [1.29, 1.82) is 0 Å². The van der Waals surface area contributed by atoms with Crippen LogP contribution in [0, 0.1) is 0 Å². The topological polar surface area (TPSA) is 65.5 Å². The number of rotatable bonds is 3. The summed E-state index contributed by atoms with van der Waals surface area (Å²) in [5, 5.41) is 13.8. The first-order valence-electron chi connectivity index (χ1n) is 6.78. The SMILES string of the molecule is O=C(CN1CCNCC1)c1ccc(O)c2ncccc12. The van der Waals surface area contributed by atoms with E-state index in [-0.39, 0.29) is 11.5 Å². The molecule has 1 fully saturated rings. The molecule has 20 heavy (non-hydrogen) atoms. The van der Waals surface area contributed by atoms with Gasteiger partial charge in [-0.1, -0.05) is 6.07 Å². The first-order chi connectivity index (χ1) is 9.75. The van der Waals surface area contributed by atoms with Crippen LogP contribution >= 0.6 is 0 Å². The molecule has 1 aromatic carbocycles. The number of pyridine rings is 1. The number of carbonyl (C=O) groups is 1. The van der Waals surface area contributed by atoms with Crippen LogP contribution in [-0.4, -0.2) is 53.5 Å². The van der Waals surface area contributed by atoms with E-state index >= 15 is 0 Å². The molecule has 2 N–H and O–H groups in total. The average molecular weight is 271 g/mol. The highest BCUT2D eigenvalue weighted by Gasteiger charge is 2.17. The van der Waals surface area contributed by atoms with Gasteiger partial charge in [0.15, 0.2) is 5.78 Å². The molecule has 3 rings (SSSR count). The number of phenolic OH excluding ortho intramolecular Hbond substituents is 1. The molecule has 1 saturated heterocycles. The van der Waals surface area contributed by atoms with E-state index in [0.29, 0.717) is 23.0 Å². The quantitative estimate of drug-likeness (QED) is 0.816. The van der Waals surface area contributed by atoms with Gasteiger partial charge in [-0.25, -0.2) is 0 Å². The highest BCUT2D eigenvalue weighted by Crippen LogP contribution is 2.25. The molecule has 2 aromatic rings. The first-order valence-corrected chi connectivity index (χ1v) is 6.78.